The fourth-order valence-electron chi connectivity index (χ4n) is 3.17. The van der Waals surface area contributed by atoms with E-state index in [9.17, 15) is 13.2 Å². The Kier molecular flexibility index (Phi) is 4.94. The van der Waals surface area contributed by atoms with Crippen LogP contribution in [0.4, 0.5) is 0 Å². The van der Waals surface area contributed by atoms with Gasteiger partial charge >= 0.3 is 0 Å². The predicted molar refractivity (Wildman–Crippen MR) is 95.7 cm³/mol. The summed E-state index contributed by atoms with van der Waals surface area (Å²) in [6, 6.07) is 2.75. The van der Waals surface area contributed by atoms with Gasteiger partial charge in [0.2, 0.25) is 14.9 Å². The van der Waals surface area contributed by atoms with Gasteiger partial charge in [-0.05, 0) is 26.0 Å². The molecule has 0 unspecified atom stereocenters. The van der Waals surface area contributed by atoms with Gasteiger partial charge in [0, 0.05) is 57.3 Å². The van der Waals surface area contributed by atoms with Gasteiger partial charge in [-0.25, -0.2) is 8.42 Å². The summed E-state index contributed by atoms with van der Waals surface area (Å²) in [6.07, 6.45) is 1.06. The first-order valence-electron chi connectivity index (χ1n) is 8.47. The SMILES string of the molecule is Cc1nn(C)c(C)c1CN1CCN(C(=O)c2ccc(S(C)(=O)=O)o2)CC1. The first kappa shape index (κ1) is 18.7. The minimum atomic E-state index is -3.45. The number of hydrogen-bond donors (Lipinski definition) is 0. The number of piperazine rings is 1. The van der Waals surface area contributed by atoms with Crippen molar-refractivity contribution in [1.29, 1.82) is 0 Å². The first-order valence-corrected chi connectivity index (χ1v) is 10.4. The number of sulfone groups is 1. The molecule has 9 heteroatoms. The fraction of sp³-hybridized carbons (Fsp3) is 0.529. The minimum absolute atomic E-state index is 0.0674. The minimum Gasteiger partial charge on any atom is -0.440 e. The largest absolute Gasteiger partial charge is 0.440 e. The standard InChI is InChI=1S/C17H24N4O4S/c1-12-14(13(2)19(3)18-12)11-20-7-9-21(10-8-20)17(22)15-5-6-16(25-15)26(4,23)24/h5-6H,7-11H2,1-4H3. The Bertz CT molecular complexity index is 921. The van der Waals surface area contributed by atoms with Crippen LogP contribution in [-0.2, 0) is 23.4 Å². The summed E-state index contributed by atoms with van der Waals surface area (Å²) in [6.45, 7) is 7.53. The van der Waals surface area contributed by atoms with Crippen LogP contribution in [0.25, 0.3) is 0 Å². The van der Waals surface area contributed by atoms with E-state index >= 15 is 0 Å². The van der Waals surface area contributed by atoms with Gasteiger partial charge in [0.25, 0.3) is 5.91 Å². The maximum atomic E-state index is 12.5. The molecule has 0 N–H and O–H groups in total. The summed E-state index contributed by atoms with van der Waals surface area (Å²) in [7, 11) is -1.51. The Labute approximate surface area is 153 Å². The van der Waals surface area contributed by atoms with Crippen LogP contribution in [0.15, 0.2) is 21.6 Å². The molecule has 0 spiro atoms. The average molecular weight is 380 g/mol. The highest BCUT2D eigenvalue weighted by atomic mass is 32.2. The summed E-state index contributed by atoms with van der Waals surface area (Å²) in [5.74, 6) is -0.203. The highest BCUT2D eigenvalue weighted by molar-refractivity contribution is 7.90. The van der Waals surface area contributed by atoms with Crippen LogP contribution in [0.1, 0.15) is 27.5 Å². The second-order valence-electron chi connectivity index (χ2n) is 6.73. The molecular weight excluding hydrogens is 356 g/mol. The Morgan fingerprint density at radius 1 is 1.19 bits per heavy atom. The molecule has 2 aromatic heterocycles. The second-order valence-corrected chi connectivity index (χ2v) is 8.68. The number of nitrogens with zero attached hydrogens (tertiary/aromatic N) is 4. The number of carbonyl (C=O) groups excluding carboxylic acids is 1. The zero-order valence-corrected chi connectivity index (χ0v) is 16.3. The molecule has 3 heterocycles. The third-order valence-electron chi connectivity index (χ3n) is 4.86. The highest BCUT2D eigenvalue weighted by Gasteiger charge is 2.26. The number of aryl methyl sites for hydroxylation is 2. The van der Waals surface area contributed by atoms with Crippen molar-refractivity contribution in [3.05, 3.63) is 34.8 Å². The van der Waals surface area contributed by atoms with Crippen LogP contribution < -0.4 is 0 Å². The fourth-order valence-corrected chi connectivity index (χ4v) is 3.73. The topological polar surface area (TPSA) is 88.7 Å². The van der Waals surface area contributed by atoms with E-state index in [1.807, 2.05) is 18.7 Å². The molecule has 3 rings (SSSR count). The van der Waals surface area contributed by atoms with Crippen molar-refractivity contribution in [3.8, 4) is 0 Å². The van der Waals surface area contributed by atoms with Crippen molar-refractivity contribution in [3.63, 3.8) is 0 Å². The lowest BCUT2D eigenvalue weighted by atomic mass is 10.1. The lowest BCUT2D eigenvalue weighted by Gasteiger charge is -2.34. The number of furan rings is 1. The van der Waals surface area contributed by atoms with Gasteiger partial charge in [0.05, 0.1) is 5.69 Å². The van der Waals surface area contributed by atoms with Gasteiger partial charge in [-0.1, -0.05) is 0 Å². The average Bonchev–Trinajstić information content (AvgIpc) is 3.16. The normalized spacial score (nSPS) is 16.2. The summed E-state index contributed by atoms with van der Waals surface area (Å²) >= 11 is 0. The molecular formula is C17H24N4O4S. The molecule has 0 aliphatic carbocycles. The van der Waals surface area contributed by atoms with E-state index in [1.54, 1.807) is 4.90 Å². The first-order chi connectivity index (χ1) is 12.2. The van der Waals surface area contributed by atoms with E-state index in [2.05, 4.69) is 16.9 Å². The second kappa shape index (κ2) is 6.88. The van der Waals surface area contributed by atoms with Gasteiger partial charge in [0.1, 0.15) is 0 Å². The molecule has 1 saturated heterocycles. The van der Waals surface area contributed by atoms with Crippen molar-refractivity contribution in [2.45, 2.75) is 25.5 Å². The van der Waals surface area contributed by atoms with Gasteiger partial charge in [-0.3, -0.25) is 14.4 Å². The van der Waals surface area contributed by atoms with E-state index in [0.717, 1.165) is 37.3 Å². The molecule has 1 amide bonds. The van der Waals surface area contributed by atoms with Crippen molar-refractivity contribution in [1.82, 2.24) is 19.6 Å². The number of carbonyl (C=O) groups is 1. The van der Waals surface area contributed by atoms with Crippen LogP contribution in [0.5, 0.6) is 0 Å². The smallest absolute Gasteiger partial charge is 0.289 e. The van der Waals surface area contributed by atoms with Gasteiger partial charge < -0.3 is 9.32 Å². The lowest BCUT2D eigenvalue weighted by Crippen LogP contribution is -2.48. The van der Waals surface area contributed by atoms with E-state index in [1.165, 1.54) is 17.7 Å². The van der Waals surface area contributed by atoms with Crippen LogP contribution in [0.2, 0.25) is 0 Å². The third kappa shape index (κ3) is 3.68. The van der Waals surface area contributed by atoms with E-state index in [-0.39, 0.29) is 16.8 Å². The van der Waals surface area contributed by atoms with Crippen molar-refractivity contribution in [2.24, 2.45) is 7.05 Å². The van der Waals surface area contributed by atoms with E-state index in [0.29, 0.717) is 13.1 Å². The molecule has 0 bridgehead atoms. The lowest BCUT2D eigenvalue weighted by molar-refractivity contribution is 0.0592. The Hall–Kier alpha value is -2.13. The Morgan fingerprint density at radius 2 is 1.85 bits per heavy atom. The monoisotopic (exact) mass is 380 g/mol. The van der Waals surface area contributed by atoms with Crippen LogP contribution in [-0.4, -0.2) is 66.3 Å². The van der Waals surface area contributed by atoms with Crippen molar-refractivity contribution < 1.29 is 17.6 Å². The highest BCUT2D eigenvalue weighted by Crippen LogP contribution is 2.19. The molecule has 8 nitrogen and oxygen atoms in total. The maximum absolute atomic E-state index is 12.5. The summed E-state index contributed by atoms with van der Waals surface area (Å²) in [5, 5.41) is 4.27. The van der Waals surface area contributed by atoms with Gasteiger partial charge in [-0.2, -0.15) is 5.10 Å². The Balaban J connectivity index is 1.61. The molecule has 2 aromatic rings. The number of amides is 1. The molecule has 1 fully saturated rings. The predicted octanol–water partition coefficient (Wildman–Crippen LogP) is 0.991. The zero-order chi connectivity index (χ0) is 19.1. The van der Waals surface area contributed by atoms with E-state index < -0.39 is 9.84 Å². The van der Waals surface area contributed by atoms with E-state index in [4.69, 9.17) is 4.42 Å². The quantitative estimate of drug-likeness (QED) is 0.786. The summed E-state index contributed by atoms with van der Waals surface area (Å²) in [4.78, 5) is 16.5. The Morgan fingerprint density at radius 3 is 2.35 bits per heavy atom. The maximum Gasteiger partial charge on any atom is 0.289 e. The van der Waals surface area contributed by atoms with Gasteiger partial charge in [-0.15, -0.1) is 0 Å². The molecule has 1 aliphatic heterocycles. The van der Waals surface area contributed by atoms with Crippen LogP contribution in [0, 0.1) is 13.8 Å². The molecule has 1 aliphatic rings. The van der Waals surface area contributed by atoms with Gasteiger partial charge in [0.15, 0.2) is 5.76 Å². The zero-order valence-electron chi connectivity index (χ0n) is 15.5. The van der Waals surface area contributed by atoms with Crippen molar-refractivity contribution in [2.75, 3.05) is 32.4 Å². The molecule has 0 aromatic carbocycles. The molecule has 26 heavy (non-hydrogen) atoms. The number of aromatic nitrogens is 2. The van der Waals surface area contributed by atoms with Crippen LogP contribution >= 0.6 is 0 Å². The molecule has 0 atom stereocenters. The van der Waals surface area contributed by atoms with Crippen LogP contribution in [0.3, 0.4) is 0 Å². The molecule has 0 saturated carbocycles. The summed E-state index contributed by atoms with van der Waals surface area (Å²) in [5.41, 5.74) is 3.42. The third-order valence-corrected chi connectivity index (χ3v) is 5.81. The number of hydrogen-bond acceptors (Lipinski definition) is 6. The summed E-state index contributed by atoms with van der Waals surface area (Å²) < 4.78 is 30.1. The van der Waals surface area contributed by atoms with Crippen molar-refractivity contribution >= 4 is 15.7 Å². The number of rotatable bonds is 4. The molecule has 0 radical (unpaired) electrons. The molecule has 142 valence electrons.